The van der Waals surface area contributed by atoms with Crippen molar-refractivity contribution in [3.63, 3.8) is 0 Å². The molecule has 0 saturated carbocycles. The summed E-state index contributed by atoms with van der Waals surface area (Å²) in [5.74, 6) is -0.0339. The number of hydrogen-bond acceptors (Lipinski definition) is 1. The number of ketones is 1. The van der Waals surface area contributed by atoms with E-state index < -0.39 is 12.6 Å². The van der Waals surface area contributed by atoms with E-state index in [9.17, 15) is 18.0 Å². The van der Waals surface area contributed by atoms with Gasteiger partial charge in [-0.1, -0.05) is 26.7 Å². The van der Waals surface area contributed by atoms with Gasteiger partial charge in [-0.25, -0.2) is 0 Å². The molecule has 0 saturated heterocycles. The Bertz CT molecular complexity index is 199. The van der Waals surface area contributed by atoms with Crippen LogP contribution in [0.4, 0.5) is 13.2 Å². The fraction of sp³-hybridized carbons (Fsp3) is 0.917. The van der Waals surface area contributed by atoms with Crippen LogP contribution in [0.25, 0.3) is 0 Å². The van der Waals surface area contributed by atoms with Crippen LogP contribution in [-0.2, 0) is 4.79 Å². The highest BCUT2D eigenvalue weighted by molar-refractivity contribution is 5.80. The molecule has 0 aliphatic carbocycles. The molecule has 1 unspecified atom stereocenters. The molecule has 0 spiro atoms. The summed E-state index contributed by atoms with van der Waals surface area (Å²) < 4.78 is 35.6. The Labute approximate surface area is 95.4 Å². The zero-order valence-electron chi connectivity index (χ0n) is 10.1. The third-order valence-electron chi connectivity index (χ3n) is 2.74. The first-order valence-electron chi connectivity index (χ1n) is 6.00. The van der Waals surface area contributed by atoms with Crippen molar-refractivity contribution in [3.8, 4) is 0 Å². The number of alkyl halides is 3. The Kier molecular flexibility index (Phi) is 7.43. The van der Waals surface area contributed by atoms with Crippen LogP contribution in [0.3, 0.4) is 0 Å². The Hall–Kier alpha value is -0.540. The predicted molar refractivity (Wildman–Crippen MR) is 58.2 cm³/mol. The number of hydrogen-bond donors (Lipinski definition) is 0. The molecule has 0 aromatic rings. The lowest BCUT2D eigenvalue weighted by molar-refractivity contribution is -0.137. The maximum Gasteiger partial charge on any atom is 0.389 e. The summed E-state index contributed by atoms with van der Waals surface area (Å²) in [6, 6.07) is 0. The molecule has 4 heteroatoms. The molecule has 0 aliphatic rings. The summed E-state index contributed by atoms with van der Waals surface area (Å²) in [6.07, 6.45) is -1.42. The average molecular weight is 238 g/mol. The van der Waals surface area contributed by atoms with Gasteiger partial charge in [-0.05, 0) is 19.3 Å². The first-order chi connectivity index (χ1) is 7.40. The topological polar surface area (TPSA) is 17.1 Å². The lowest BCUT2D eigenvalue weighted by Gasteiger charge is -2.13. The van der Waals surface area contributed by atoms with E-state index in [-0.39, 0.29) is 24.5 Å². The fourth-order valence-corrected chi connectivity index (χ4v) is 1.71. The van der Waals surface area contributed by atoms with Crippen LogP contribution in [0.2, 0.25) is 0 Å². The average Bonchev–Trinajstić information content (AvgIpc) is 2.17. The molecule has 16 heavy (non-hydrogen) atoms. The van der Waals surface area contributed by atoms with E-state index in [0.29, 0.717) is 0 Å². The van der Waals surface area contributed by atoms with E-state index in [2.05, 4.69) is 0 Å². The molecule has 1 atom stereocenters. The van der Waals surface area contributed by atoms with E-state index in [0.717, 1.165) is 25.7 Å². The number of carbonyl (C=O) groups is 1. The second-order valence-corrected chi connectivity index (χ2v) is 4.18. The van der Waals surface area contributed by atoms with Crippen molar-refractivity contribution >= 4 is 5.78 Å². The highest BCUT2D eigenvalue weighted by Gasteiger charge is 2.27. The molecule has 0 aromatic carbocycles. The van der Waals surface area contributed by atoms with Crippen LogP contribution in [0.15, 0.2) is 0 Å². The van der Waals surface area contributed by atoms with E-state index in [1.807, 2.05) is 13.8 Å². The lowest BCUT2D eigenvalue weighted by Crippen LogP contribution is -2.15. The Morgan fingerprint density at radius 1 is 1.19 bits per heavy atom. The van der Waals surface area contributed by atoms with E-state index in [1.165, 1.54) is 0 Å². The van der Waals surface area contributed by atoms with Crippen molar-refractivity contribution in [2.45, 2.75) is 65.0 Å². The SMILES string of the molecule is CCCCC(CC)C(=O)CCCC(F)(F)F. The monoisotopic (exact) mass is 238 g/mol. The van der Waals surface area contributed by atoms with Crippen molar-refractivity contribution in [2.75, 3.05) is 0 Å². The van der Waals surface area contributed by atoms with Crippen molar-refractivity contribution in [3.05, 3.63) is 0 Å². The molecular weight excluding hydrogens is 217 g/mol. The normalized spacial score (nSPS) is 13.8. The van der Waals surface area contributed by atoms with Crippen LogP contribution in [0.5, 0.6) is 0 Å². The van der Waals surface area contributed by atoms with Gasteiger partial charge < -0.3 is 0 Å². The van der Waals surface area contributed by atoms with Gasteiger partial charge in [0, 0.05) is 18.8 Å². The summed E-state index contributed by atoms with van der Waals surface area (Å²) in [5.41, 5.74) is 0. The quantitative estimate of drug-likeness (QED) is 0.608. The molecule has 0 aromatic heterocycles. The molecule has 0 amide bonds. The third-order valence-corrected chi connectivity index (χ3v) is 2.74. The zero-order valence-corrected chi connectivity index (χ0v) is 10.1. The van der Waals surface area contributed by atoms with E-state index in [1.54, 1.807) is 0 Å². The van der Waals surface area contributed by atoms with Crippen LogP contribution in [0.1, 0.15) is 58.8 Å². The smallest absolute Gasteiger partial charge is 0.299 e. The minimum atomic E-state index is -4.13. The summed E-state index contributed by atoms with van der Waals surface area (Å²) in [5, 5.41) is 0. The van der Waals surface area contributed by atoms with Gasteiger partial charge in [-0.3, -0.25) is 4.79 Å². The molecule has 0 aliphatic heterocycles. The van der Waals surface area contributed by atoms with Gasteiger partial charge in [0.1, 0.15) is 5.78 Å². The molecule has 0 bridgehead atoms. The van der Waals surface area contributed by atoms with Crippen molar-refractivity contribution in [2.24, 2.45) is 5.92 Å². The van der Waals surface area contributed by atoms with Gasteiger partial charge in [0.2, 0.25) is 0 Å². The van der Waals surface area contributed by atoms with Crippen LogP contribution >= 0.6 is 0 Å². The second-order valence-electron chi connectivity index (χ2n) is 4.18. The maximum atomic E-state index is 11.9. The molecule has 1 nitrogen and oxygen atoms in total. The van der Waals surface area contributed by atoms with E-state index in [4.69, 9.17) is 0 Å². The summed E-state index contributed by atoms with van der Waals surface area (Å²) in [7, 11) is 0. The zero-order chi connectivity index (χ0) is 12.6. The second kappa shape index (κ2) is 7.69. The van der Waals surface area contributed by atoms with Gasteiger partial charge >= 0.3 is 6.18 Å². The standard InChI is InChI=1S/C12H21F3O/c1-3-5-7-10(4-2)11(16)8-6-9-12(13,14)15/h10H,3-9H2,1-2H3. The predicted octanol–water partition coefficient (Wildman–Crippen LogP) is 4.50. The van der Waals surface area contributed by atoms with Gasteiger partial charge in [0.25, 0.3) is 0 Å². The van der Waals surface area contributed by atoms with Crippen molar-refractivity contribution < 1.29 is 18.0 Å². The van der Waals surface area contributed by atoms with Gasteiger partial charge in [0.05, 0.1) is 0 Å². The maximum absolute atomic E-state index is 11.9. The van der Waals surface area contributed by atoms with Crippen molar-refractivity contribution in [1.82, 2.24) is 0 Å². The fourth-order valence-electron chi connectivity index (χ4n) is 1.71. The molecule has 0 rings (SSSR count). The molecule has 96 valence electrons. The Morgan fingerprint density at radius 2 is 1.81 bits per heavy atom. The number of halogens is 3. The summed E-state index contributed by atoms with van der Waals surface area (Å²) in [6.45, 7) is 3.96. The number of carbonyl (C=O) groups excluding carboxylic acids is 1. The van der Waals surface area contributed by atoms with Gasteiger partial charge in [-0.2, -0.15) is 13.2 Å². The molecule has 0 heterocycles. The molecule has 0 N–H and O–H groups in total. The minimum Gasteiger partial charge on any atom is -0.299 e. The van der Waals surface area contributed by atoms with Crippen molar-refractivity contribution in [1.29, 1.82) is 0 Å². The lowest BCUT2D eigenvalue weighted by atomic mass is 9.92. The van der Waals surface area contributed by atoms with E-state index >= 15 is 0 Å². The Morgan fingerprint density at radius 3 is 2.25 bits per heavy atom. The van der Waals surface area contributed by atoms with Crippen LogP contribution in [0, 0.1) is 5.92 Å². The highest BCUT2D eigenvalue weighted by Crippen LogP contribution is 2.24. The first kappa shape index (κ1) is 15.5. The molecule has 0 fully saturated rings. The molecular formula is C12H21F3O. The number of unbranched alkanes of at least 4 members (excludes halogenated alkanes) is 1. The third kappa shape index (κ3) is 7.71. The summed E-state index contributed by atoms with van der Waals surface area (Å²) >= 11 is 0. The van der Waals surface area contributed by atoms with Crippen LogP contribution in [-0.4, -0.2) is 12.0 Å². The van der Waals surface area contributed by atoms with Crippen LogP contribution < -0.4 is 0 Å². The number of Topliss-reactive ketones (excluding diaryl/α,β-unsaturated/α-hetero) is 1. The largest absolute Gasteiger partial charge is 0.389 e. The Balaban J connectivity index is 3.84. The highest BCUT2D eigenvalue weighted by atomic mass is 19.4. The number of rotatable bonds is 8. The molecule has 0 radical (unpaired) electrons. The van der Waals surface area contributed by atoms with Gasteiger partial charge in [-0.15, -0.1) is 0 Å². The first-order valence-corrected chi connectivity index (χ1v) is 6.00. The summed E-state index contributed by atoms with van der Waals surface area (Å²) in [4.78, 5) is 11.6. The van der Waals surface area contributed by atoms with Gasteiger partial charge in [0.15, 0.2) is 0 Å². The minimum absolute atomic E-state index is 0.000185.